The minimum Gasteiger partial charge on any atom is -0.368 e. The largest absolute Gasteiger partial charge is 0.368 e. The van der Waals surface area contributed by atoms with Crippen LogP contribution in [0.1, 0.15) is 5.82 Å². The second-order valence-corrected chi connectivity index (χ2v) is 3.81. The standard InChI is InChI=1S/C10H11N9O/c11-8-15-9(13-2-1-7-14-6-20-18-7)17-10(16-8)19-4-3-12-5-19/h3-6H,1-2H2,(H3,11,13,15,16,17). The first-order valence-corrected chi connectivity index (χ1v) is 5.80. The van der Waals surface area contributed by atoms with E-state index in [4.69, 9.17) is 5.73 Å². The monoisotopic (exact) mass is 273 g/mol. The molecule has 3 heterocycles. The molecule has 3 N–H and O–H groups in total. The van der Waals surface area contributed by atoms with Gasteiger partial charge < -0.3 is 15.6 Å². The summed E-state index contributed by atoms with van der Waals surface area (Å²) in [6.07, 6.45) is 6.80. The van der Waals surface area contributed by atoms with Gasteiger partial charge in [-0.3, -0.25) is 4.57 Å². The Morgan fingerprint density at radius 3 is 3.00 bits per heavy atom. The zero-order chi connectivity index (χ0) is 13.8. The fourth-order valence-corrected chi connectivity index (χ4v) is 1.54. The van der Waals surface area contributed by atoms with Gasteiger partial charge in [0.05, 0.1) is 0 Å². The molecule has 0 aromatic carbocycles. The predicted molar refractivity (Wildman–Crippen MR) is 67.9 cm³/mol. The number of anilines is 2. The van der Waals surface area contributed by atoms with Gasteiger partial charge in [0.25, 0.3) is 0 Å². The molecule has 3 aromatic heterocycles. The number of rotatable bonds is 5. The van der Waals surface area contributed by atoms with Gasteiger partial charge in [-0.2, -0.15) is 19.9 Å². The Hall–Kier alpha value is -3.04. The van der Waals surface area contributed by atoms with Crippen molar-refractivity contribution in [1.82, 2.24) is 34.6 Å². The Morgan fingerprint density at radius 2 is 2.25 bits per heavy atom. The number of imidazole rings is 1. The van der Waals surface area contributed by atoms with Gasteiger partial charge in [0.15, 0.2) is 5.82 Å². The van der Waals surface area contributed by atoms with Crippen LogP contribution in [0.4, 0.5) is 11.9 Å². The van der Waals surface area contributed by atoms with Crippen molar-refractivity contribution >= 4 is 11.9 Å². The van der Waals surface area contributed by atoms with Crippen molar-refractivity contribution in [3.8, 4) is 5.95 Å². The van der Waals surface area contributed by atoms with Gasteiger partial charge >= 0.3 is 0 Å². The van der Waals surface area contributed by atoms with E-state index in [0.717, 1.165) is 0 Å². The smallest absolute Gasteiger partial charge is 0.241 e. The van der Waals surface area contributed by atoms with Crippen LogP contribution in [-0.2, 0) is 6.42 Å². The Bertz CT molecular complexity index is 664. The summed E-state index contributed by atoms with van der Waals surface area (Å²) in [4.78, 5) is 20.1. The van der Waals surface area contributed by atoms with E-state index in [-0.39, 0.29) is 5.95 Å². The molecule has 0 spiro atoms. The maximum Gasteiger partial charge on any atom is 0.241 e. The van der Waals surface area contributed by atoms with E-state index >= 15 is 0 Å². The quantitative estimate of drug-likeness (QED) is 0.641. The zero-order valence-electron chi connectivity index (χ0n) is 10.3. The van der Waals surface area contributed by atoms with Gasteiger partial charge in [-0.05, 0) is 0 Å². The molecule has 0 fully saturated rings. The third kappa shape index (κ3) is 2.68. The number of nitrogens with one attached hydrogen (secondary N) is 1. The minimum absolute atomic E-state index is 0.130. The molecular formula is C10H11N9O. The van der Waals surface area contributed by atoms with E-state index in [2.05, 4.69) is 39.9 Å². The van der Waals surface area contributed by atoms with E-state index in [1.165, 1.54) is 6.39 Å². The Kier molecular flexibility index (Phi) is 3.18. The van der Waals surface area contributed by atoms with Gasteiger partial charge in [-0.1, -0.05) is 5.16 Å². The molecule has 3 aromatic rings. The summed E-state index contributed by atoms with van der Waals surface area (Å²) in [7, 11) is 0. The van der Waals surface area contributed by atoms with Crippen molar-refractivity contribution in [3.05, 3.63) is 30.9 Å². The summed E-state index contributed by atoms with van der Waals surface area (Å²) >= 11 is 0. The Labute approximate surface area is 113 Å². The highest BCUT2D eigenvalue weighted by molar-refractivity contribution is 5.35. The third-order valence-electron chi connectivity index (χ3n) is 2.41. The van der Waals surface area contributed by atoms with E-state index in [0.29, 0.717) is 30.7 Å². The molecule has 0 unspecified atom stereocenters. The predicted octanol–water partition coefficient (Wildman–Crippen LogP) is -0.323. The van der Waals surface area contributed by atoms with Crippen LogP contribution in [0.3, 0.4) is 0 Å². The highest BCUT2D eigenvalue weighted by Crippen LogP contribution is 2.06. The van der Waals surface area contributed by atoms with E-state index in [9.17, 15) is 0 Å². The fraction of sp³-hybridized carbons (Fsp3) is 0.200. The zero-order valence-corrected chi connectivity index (χ0v) is 10.3. The normalized spacial score (nSPS) is 10.6. The summed E-state index contributed by atoms with van der Waals surface area (Å²) in [6, 6.07) is 0. The average molecular weight is 273 g/mol. The second kappa shape index (κ2) is 5.30. The number of aromatic nitrogens is 7. The van der Waals surface area contributed by atoms with E-state index in [1.807, 2.05) is 0 Å². The topological polar surface area (TPSA) is 133 Å². The number of nitrogen functional groups attached to an aromatic ring is 1. The Balaban J connectivity index is 1.70. The second-order valence-electron chi connectivity index (χ2n) is 3.81. The van der Waals surface area contributed by atoms with Crippen molar-refractivity contribution in [2.75, 3.05) is 17.6 Å². The van der Waals surface area contributed by atoms with Gasteiger partial charge in [0.2, 0.25) is 24.2 Å². The molecule has 0 aliphatic carbocycles. The van der Waals surface area contributed by atoms with Crippen LogP contribution in [-0.4, -0.2) is 41.2 Å². The van der Waals surface area contributed by atoms with Crippen LogP contribution in [0.2, 0.25) is 0 Å². The highest BCUT2D eigenvalue weighted by atomic mass is 16.5. The van der Waals surface area contributed by atoms with E-state index in [1.54, 1.807) is 23.3 Å². The molecule has 0 saturated heterocycles. The average Bonchev–Trinajstić information content (AvgIpc) is 3.11. The van der Waals surface area contributed by atoms with Gasteiger partial charge in [-0.15, -0.1) is 0 Å². The summed E-state index contributed by atoms with van der Waals surface area (Å²) in [5.74, 6) is 1.52. The molecule has 0 bridgehead atoms. The van der Waals surface area contributed by atoms with Crippen LogP contribution < -0.4 is 11.1 Å². The van der Waals surface area contributed by atoms with Gasteiger partial charge in [-0.25, -0.2) is 4.98 Å². The van der Waals surface area contributed by atoms with Crippen molar-refractivity contribution in [2.24, 2.45) is 0 Å². The third-order valence-corrected chi connectivity index (χ3v) is 2.41. The first kappa shape index (κ1) is 12.0. The van der Waals surface area contributed by atoms with Crippen LogP contribution in [0.15, 0.2) is 29.6 Å². The minimum atomic E-state index is 0.130. The lowest BCUT2D eigenvalue weighted by Crippen LogP contribution is -2.13. The lowest BCUT2D eigenvalue weighted by Gasteiger charge is -2.06. The van der Waals surface area contributed by atoms with Crippen molar-refractivity contribution in [1.29, 1.82) is 0 Å². The summed E-state index contributed by atoms with van der Waals surface area (Å²) in [5.41, 5.74) is 5.66. The first-order valence-electron chi connectivity index (χ1n) is 5.80. The molecule has 10 nitrogen and oxygen atoms in total. The first-order chi connectivity index (χ1) is 9.81. The number of nitrogens with zero attached hydrogens (tertiary/aromatic N) is 7. The molecule has 0 atom stereocenters. The van der Waals surface area contributed by atoms with Gasteiger partial charge in [0, 0.05) is 25.4 Å². The van der Waals surface area contributed by atoms with Gasteiger partial charge in [0.1, 0.15) is 6.33 Å². The SMILES string of the molecule is Nc1nc(NCCc2ncon2)nc(-n2ccnc2)n1. The maximum absolute atomic E-state index is 5.66. The molecule has 0 aliphatic heterocycles. The summed E-state index contributed by atoms with van der Waals surface area (Å²) < 4.78 is 6.29. The van der Waals surface area contributed by atoms with Crippen LogP contribution in [0.5, 0.6) is 0 Å². The fourth-order valence-electron chi connectivity index (χ4n) is 1.54. The lowest BCUT2D eigenvalue weighted by molar-refractivity contribution is 0.410. The molecule has 0 aliphatic rings. The molecule has 20 heavy (non-hydrogen) atoms. The molecule has 0 amide bonds. The number of hydrogen-bond acceptors (Lipinski definition) is 9. The van der Waals surface area contributed by atoms with Crippen LogP contribution >= 0.6 is 0 Å². The number of hydrogen-bond donors (Lipinski definition) is 2. The molecule has 10 heteroatoms. The van der Waals surface area contributed by atoms with Crippen molar-refractivity contribution in [2.45, 2.75) is 6.42 Å². The van der Waals surface area contributed by atoms with E-state index < -0.39 is 0 Å². The van der Waals surface area contributed by atoms with Crippen molar-refractivity contribution in [3.63, 3.8) is 0 Å². The van der Waals surface area contributed by atoms with Crippen LogP contribution in [0.25, 0.3) is 5.95 Å². The molecule has 0 radical (unpaired) electrons. The molecule has 3 rings (SSSR count). The maximum atomic E-state index is 5.66. The summed E-state index contributed by atoms with van der Waals surface area (Å²) in [5, 5.41) is 6.74. The highest BCUT2D eigenvalue weighted by Gasteiger charge is 2.06. The van der Waals surface area contributed by atoms with Crippen LogP contribution in [0, 0.1) is 0 Å². The summed E-state index contributed by atoms with van der Waals surface area (Å²) in [6.45, 7) is 0.548. The number of nitrogens with two attached hydrogens (primary N) is 1. The molecule has 102 valence electrons. The molecule has 0 saturated carbocycles. The van der Waals surface area contributed by atoms with Crippen molar-refractivity contribution < 1.29 is 4.52 Å². The molecular weight excluding hydrogens is 262 g/mol. The lowest BCUT2D eigenvalue weighted by atomic mass is 10.4. The Morgan fingerprint density at radius 1 is 1.30 bits per heavy atom.